The average molecular weight is 314 g/mol. The number of aryl methyl sites for hydroxylation is 1. The fraction of sp³-hybridized carbons (Fsp3) is 0.353. The molecular weight excluding hydrogens is 292 g/mol. The Morgan fingerprint density at radius 2 is 1.78 bits per heavy atom. The molecule has 2 rings (SSSR count). The van der Waals surface area contributed by atoms with Crippen LogP contribution >= 0.6 is 0 Å². The van der Waals surface area contributed by atoms with E-state index in [2.05, 4.69) is 10.3 Å². The van der Waals surface area contributed by atoms with Crippen molar-refractivity contribution in [3.05, 3.63) is 62.3 Å². The van der Waals surface area contributed by atoms with Crippen LogP contribution in [0, 0.1) is 6.92 Å². The summed E-state index contributed by atoms with van der Waals surface area (Å²) in [7, 11) is 3.08. The zero-order valence-electron chi connectivity index (χ0n) is 14.0. The van der Waals surface area contributed by atoms with E-state index in [0.29, 0.717) is 18.2 Å². The molecule has 0 aliphatic rings. The predicted molar refractivity (Wildman–Crippen MR) is 93.4 cm³/mol. The lowest BCUT2D eigenvalue weighted by molar-refractivity contribution is 0.693. The minimum Gasteiger partial charge on any atom is -0.326 e. The van der Waals surface area contributed by atoms with Crippen LogP contribution < -0.4 is 16.6 Å². The number of amidine groups is 1. The zero-order chi connectivity index (χ0) is 17.0. The maximum atomic E-state index is 12.0. The largest absolute Gasteiger partial charge is 0.332 e. The Morgan fingerprint density at radius 1 is 1.13 bits per heavy atom. The highest BCUT2D eigenvalue weighted by molar-refractivity contribution is 6.07. The third-order valence-corrected chi connectivity index (χ3v) is 3.59. The van der Waals surface area contributed by atoms with E-state index in [1.165, 1.54) is 17.7 Å². The van der Waals surface area contributed by atoms with Crippen molar-refractivity contribution in [3.8, 4) is 0 Å². The number of hydrogen-bond acceptors (Lipinski definition) is 3. The Bertz CT molecular complexity index is 829. The Morgan fingerprint density at radius 3 is 2.39 bits per heavy atom. The van der Waals surface area contributed by atoms with Crippen LogP contribution in [0.25, 0.3) is 0 Å². The summed E-state index contributed by atoms with van der Waals surface area (Å²) < 4.78 is 2.47. The van der Waals surface area contributed by atoms with Gasteiger partial charge in [0.2, 0.25) is 0 Å². The normalized spacial score (nSPS) is 11.6. The minimum atomic E-state index is -0.376. The lowest BCUT2D eigenvalue weighted by Crippen LogP contribution is -2.38. The van der Waals surface area contributed by atoms with Crippen molar-refractivity contribution in [1.82, 2.24) is 9.13 Å². The molecule has 0 bridgehead atoms. The Hall–Kier alpha value is -2.63. The lowest BCUT2D eigenvalue weighted by Gasteiger charge is -2.14. The topological polar surface area (TPSA) is 68.4 Å². The molecule has 1 aromatic carbocycles. The second kappa shape index (κ2) is 7.09. The summed E-state index contributed by atoms with van der Waals surface area (Å²) in [6.07, 6.45) is 0.909. The maximum absolute atomic E-state index is 12.0. The first-order chi connectivity index (χ1) is 10.9. The van der Waals surface area contributed by atoms with Gasteiger partial charge in [-0.05, 0) is 13.3 Å². The SMILES string of the molecule is CCCN=C(Nc1cc(=O)n(C)c(=O)n1C)c1ccc(C)cc1. The van der Waals surface area contributed by atoms with Crippen LogP contribution in [-0.4, -0.2) is 21.5 Å². The molecule has 0 aliphatic carbocycles. The second-order valence-corrected chi connectivity index (χ2v) is 5.49. The van der Waals surface area contributed by atoms with E-state index in [-0.39, 0.29) is 11.2 Å². The van der Waals surface area contributed by atoms with Crippen LogP contribution in [0.15, 0.2) is 44.9 Å². The van der Waals surface area contributed by atoms with Gasteiger partial charge in [-0.15, -0.1) is 0 Å². The van der Waals surface area contributed by atoms with Gasteiger partial charge in [0.1, 0.15) is 11.7 Å². The van der Waals surface area contributed by atoms with Gasteiger partial charge in [-0.3, -0.25) is 18.9 Å². The molecule has 0 fully saturated rings. The number of aromatic nitrogens is 2. The van der Waals surface area contributed by atoms with Gasteiger partial charge in [-0.1, -0.05) is 36.8 Å². The lowest BCUT2D eigenvalue weighted by atomic mass is 10.1. The number of aliphatic imine (C=N–C) groups is 1. The first kappa shape index (κ1) is 16.7. The van der Waals surface area contributed by atoms with E-state index in [4.69, 9.17) is 0 Å². The number of nitrogens with zero attached hydrogens (tertiary/aromatic N) is 3. The van der Waals surface area contributed by atoms with E-state index in [0.717, 1.165) is 22.1 Å². The van der Waals surface area contributed by atoms with Crippen LogP contribution in [0.4, 0.5) is 5.82 Å². The molecule has 0 atom stereocenters. The van der Waals surface area contributed by atoms with Crippen LogP contribution in [0.1, 0.15) is 24.5 Å². The van der Waals surface area contributed by atoms with Crippen molar-refractivity contribution in [2.24, 2.45) is 19.1 Å². The van der Waals surface area contributed by atoms with E-state index >= 15 is 0 Å². The van der Waals surface area contributed by atoms with Crippen molar-refractivity contribution in [1.29, 1.82) is 0 Å². The third-order valence-electron chi connectivity index (χ3n) is 3.59. The summed E-state index contributed by atoms with van der Waals surface area (Å²) in [5, 5.41) is 3.13. The Balaban J connectivity index is 2.46. The molecule has 1 N–H and O–H groups in total. The summed E-state index contributed by atoms with van der Waals surface area (Å²) in [4.78, 5) is 28.4. The second-order valence-electron chi connectivity index (χ2n) is 5.49. The van der Waals surface area contributed by atoms with E-state index in [1.807, 2.05) is 38.1 Å². The smallest absolute Gasteiger partial charge is 0.326 e. The number of rotatable bonds is 4. The minimum absolute atomic E-state index is 0.352. The number of nitrogens with one attached hydrogen (secondary N) is 1. The quantitative estimate of drug-likeness (QED) is 0.689. The molecule has 1 aromatic heterocycles. The van der Waals surface area contributed by atoms with Crippen molar-refractivity contribution >= 4 is 11.7 Å². The highest BCUT2D eigenvalue weighted by Crippen LogP contribution is 2.08. The molecular formula is C17H22N4O2. The van der Waals surface area contributed by atoms with Crippen molar-refractivity contribution < 1.29 is 0 Å². The molecule has 122 valence electrons. The van der Waals surface area contributed by atoms with Crippen LogP contribution in [0.2, 0.25) is 0 Å². The van der Waals surface area contributed by atoms with Crippen molar-refractivity contribution in [2.75, 3.05) is 11.9 Å². The number of benzene rings is 1. The molecule has 6 heteroatoms. The van der Waals surface area contributed by atoms with Gasteiger partial charge in [-0.25, -0.2) is 4.79 Å². The molecule has 2 aromatic rings. The highest BCUT2D eigenvalue weighted by Gasteiger charge is 2.09. The molecule has 0 saturated heterocycles. The first-order valence-electron chi connectivity index (χ1n) is 7.59. The number of anilines is 1. The van der Waals surface area contributed by atoms with E-state index in [1.54, 1.807) is 7.05 Å². The maximum Gasteiger partial charge on any atom is 0.332 e. The summed E-state index contributed by atoms with van der Waals surface area (Å²) in [5.74, 6) is 1.07. The zero-order valence-corrected chi connectivity index (χ0v) is 14.0. The average Bonchev–Trinajstić information content (AvgIpc) is 2.55. The van der Waals surface area contributed by atoms with Gasteiger partial charge >= 0.3 is 5.69 Å². The summed E-state index contributed by atoms with van der Waals surface area (Å²) in [5.41, 5.74) is 1.34. The summed E-state index contributed by atoms with van der Waals surface area (Å²) in [6.45, 7) is 4.73. The first-order valence-corrected chi connectivity index (χ1v) is 7.59. The molecule has 1 heterocycles. The van der Waals surface area contributed by atoms with Crippen LogP contribution in [-0.2, 0) is 14.1 Å². The van der Waals surface area contributed by atoms with Crippen LogP contribution in [0.3, 0.4) is 0 Å². The van der Waals surface area contributed by atoms with Gasteiger partial charge < -0.3 is 5.32 Å². The van der Waals surface area contributed by atoms with Gasteiger partial charge in [0.05, 0.1) is 0 Å². The fourth-order valence-electron chi connectivity index (χ4n) is 2.11. The number of hydrogen-bond donors (Lipinski definition) is 1. The molecule has 6 nitrogen and oxygen atoms in total. The van der Waals surface area contributed by atoms with Gasteiger partial charge in [-0.2, -0.15) is 0 Å². The third kappa shape index (κ3) is 3.77. The predicted octanol–water partition coefficient (Wildman–Crippen LogP) is 1.66. The van der Waals surface area contributed by atoms with Gasteiger partial charge in [0.15, 0.2) is 0 Å². The monoisotopic (exact) mass is 314 g/mol. The van der Waals surface area contributed by atoms with Gasteiger partial charge in [0, 0.05) is 32.3 Å². The fourth-order valence-corrected chi connectivity index (χ4v) is 2.11. The van der Waals surface area contributed by atoms with E-state index in [9.17, 15) is 9.59 Å². The molecule has 0 radical (unpaired) electrons. The highest BCUT2D eigenvalue weighted by atomic mass is 16.2. The summed E-state index contributed by atoms with van der Waals surface area (Å²) in [6, 6.07) is 9.34. The molecule has 0 saturated carbocycles. The molecule has 0 spiro atoms. The Kier molecular flexibility index (Phi) is 5.16. The molecule has 0 unspecified atom stereocenters. The summed E-state index contributed by atoms with van der Waals surface area (Å²) >= 11 is 0. The molecule has 23 heavy (non-hydrogen) atoms. The molecule has 0 aliphatic heterocycles. The van der Waals surface area contributed by atoms with Crippen molar-refractivity contribution in [2.45, 2.75) is 20.3 Å². The Labute approximate surface area is 135 Å². The van der Waals surface area contributed by atoms with Crippen LogP contribution in [0.5, 0.6) is 0 Å². The van der Waals surface area contributed by atoms with Crippen molar-refractivity contribution in [3.63, 3.8) is 0 Å². The molecule has 0 amide bonds. The van der Waals surface area contributed by atoms with Gasteiger partial charge in [0.25, 0.3) is 5.56 Å². The standard InChI is InChI=1S/C17H22N4O2/c1-5-10-18-16(13-8-6-12(2)7-9-13)19-14-11-15(22)21(4)17(23)20(14)3/h6-9,11H,5,10H2,1-4H3,(H,18,19). The van der Waals surface area contributed by atoms with E-state index < -0.39 is 0 Å².